The van der Waals surface area contributed by atoms with Crippen molar-refractivity contribution in [3.63, 3.8) is 0 Å². The molecule has 2 aromatic heterocycles. The minimum absolute atomic E-state index is 0.0246. The molecule has 1 aromatic carbocycles. The number of rotatable bonds is 3. The van der Waals surface area contributed by atoms with Crippen LogP contribution < -0.4 is 5.63 Å². The molecule has 0 aliphatic heterocycles. The van der Waals surface area contributed by atoms with E-state index in [0.717, 1.165) is 0 Å². The first kappa shape index (κ1) is 20.6. The number of hydrogen-bond acceptors (Lipinski definition) is 6. The largest absolute Gasteiger partial charge is 0.417 e. The Labute approximate surface area is 165 Å². The molecule has 3 rings (SSSR count). The van der Waals surface area contributed by atoms with Gasteiger partial charge in [-0.1, -0.05) is 30.1 Å². The van der Waals surface area contributed by atoms with Gasteiger partial charge in [0, 0.05) is 11.2 Å². The molecule has 0 amide bonds. The van der Waals surface area contributed by atoms with E-state index in [1.54, 1.807) is 0 Å². The van der Waals surface area contributed by atoms with Gasteiger partial charge >= 0.3 is 11.8 Å². The Morgan fingerprint density at radius 3 is 2.46 bits per heavy atom. The van der Waals surface area contributed by atoms with E-state index in [-0.39, 0.29) is 20.9 Å². The number of alkyl halides is 3. The van der Waals surface area contributed by atoms with E-state index in [2.05, 4.69) is 9.97 Å². The summed E-state index contributed by atoms with van der Waals surface area (Å²) in [7, 11) is -4.16. The molecule has 0 aliphatic carbocycles. The molecule has 0 fully saturated rings. The highest BCUT2D eigenvalue weighted by Crippen LogP contribution is 2.34. The molecule has 0 spiro atoms. The molecular formula is C16H9Cl2F3N2O4S. The van der Waals surface area contributed by atoms with Crippen LogP contribution in [0.4, 0.5) is 13.2 Å². The third-order valence-electron chi connectivity index (χ3n) is 3.75. The monoisotopic (exact) mass is 452 g/mol. The average Bonchev–Trinajstić information content (AvgIpc) is 2.61. The van der Waals surface area contributed by atoms with Crippen LogP contribution in [-0.4, -0.2) is 24.1 Å². The summed E-state index contributed by atoms with van der Waals surface area (Å²) in [6, 6.07) is 2.97. The van der Waals surface area contributed by atoms with Crippen LogP contribution >= 0.6 is 23.2 Å². The number of nitrogens with zero attached hydrogens (tertiary/aromatic N) is 2. The highest BCUT2D eigenvalue weighted by Gasteiger charge is 2.34. The lowest BCUT2D eigenvalue weighted by Gasteiger charge is -2.12. The maximum atomic E-state index is 13.0. The maximum Gasteiger partial charge on any atom is 0.417 e. The SMILES string of the molecule is CCS(=O)(=O)c1cc(C(F)(F)F)cnc1-c1nc2c(Cl)cc(Cl)cc2c(=O)o1. The van der Waals surface area contributed by atoms with E-state index < -0.39 is 49.4 Å². The number of hydrogen-bond donors (Lipinski definition) is 0. The molecule has 0 unspecified atom stereocenters. The third kappa shape index (κ3) is 3.71. The van der Waals surface area contributed by atoms with Crippen LogP contribution in [0.25, 0.3) is 22.5 Å². The quantitative estimate of drug-likeness (QED) is 0.585. The number of halogens is 5. The Hall–Kier alpha value is -2.17. The Kier molecular flexibility index (Phi) is 5.15. The normalized spacial score (nSPS) is 12.5. The van der Waals surface area contributed by atoms with Crippen molar-refractivity contribution < 1.29 is 26.0 Å². The lowest BCUT2D eigenvalue weighted by molar-refractivity contribution is -0.138. The van der Waals surface area contributed by atoms with E-state index >= 15 is 0 Å². The molecule has 2 heterocycles. The van der Waals surface area contributed by atoms with Gasteiger partial charge in [-0.05, 0) is 18.2 Å². The minimum atomic E-state index is -4.82. The van der Waals surface area contributed by atoms with Gasteiger partial charge in [0.25, 0.3) is 5.89 Å². The topological polar surface area (TPSA) is 90.1 Å². The predicted octanol–water partition coefficient (Wildman–Crippen LogP) is 4.37. The van der Waals surface area contributed by atoms with Crippen LogP contribution in [0.2, 0.25) is 10.0 Å². The summed E-state index contributed by atoms with van der Waals surface area (Å²) in [6.07, 6.45) is -4.39. The fourth-order valence-corrected chi connectivity index (χ4v) is 3.94. The number of pyridine rings is 1. The van der Waals surface area contributed by atoms with E-state index in [1.807, 2.05) is 0 Å². The van der Waals surface area contributed by atoms with Crippen LogP contribution in [-0.2, 0) is 16.0 Å². The smallest absolute Gasteiger partial charge is 0.401 e. The van der Waals surface area contributed by atoms with Crippen molar-refractivity contribution in [1.82, 2.24) is 9.97 Å². The highest BCUT2D eigenvalue weighted by atomic mass is 35.5. The van der Waals surface area contributed by atoms with E-state index in [4.69, 9.17) is 27.6 Å². The lowest BCUT2D eigenvalue weighted by Crippen LogP contribution is -2.13. The first-order valence-electron chi connectivity index (χ1n) is 7.54. The van der Waals surface area contributed by atoms with Gasteiger partial charge in [0.2, 0.25) is 0 Å². The number of fused-ring (bicyclic) bond motifs is 1. The second-order valence-corrected chi connectivity index (χ2v) is 8.65. The zero-order valence-electron chi connectivity index (χ0n) is 13.8. The molecule has 12 heteroatoms. The van der Waals surface area contributed by atoms with Crippen LogP contribution in [0.1, 0.15) is 12.5 Å². The second-order valence-electron chi connectivity index (χ2n) is 5.56. The molecule has 0 atom stereocenters. The van der Waals surface area contributed by atoms with Gasteiger partial charge in [0.05, 0.1) is 26.6 Å². The van der Waals surface area contributed by atoms with Gasteiger partial charge in [-0.3, -0.25) is 0 Å². The molecule has 0 saturated heterocycles. The van der Waals surface area contributed by atoms with Crippen molar-refractivity contribution in [3.8, 4) is 11.6 Å². The van der Waals surface area contributed by atoms with Crippen molar-refractivity contribution in [3.05, 3.63) is 50.4 Å². The van der Waals surface area contributed by atoms with E-state index in [0.29, 0.717) is 12.3 Å². The highest BCUT2D eigenvalue weighted by molar-refractivity contribution is 7.91. The molecule has 6 nitrogen and oxygen atoms in total. The van der Waals surface area contributed by atoms with Gasteiger partial charge in [-0.2, -0.15) is 13.2 Å². The number of aromatic nitrogens is 2. The molecule has 0 aliphatic rings. The van der Waals surface area contributed by atoms with E-state index in [9.17, 15) is 26.4 Å². The molecule has 0 radical (unpaired) electrons. The van der Waals surface area contributed by atoms with Gasteiger partial charge in [0.15, 0.2) is 9.84 Å². The third-order valence-corrected chi connectivity index (χ3v) is 6.00. The van der Waals surface area contributed by atoms with Crippen LogP contribution in [0.5, 0.6) is 0 Å². The lowest BCUT2D eigenvalue weighted by atomic mass is 10.2. The van der Waals surface area contributed by atoms with Gasteiger partial charge in [-0.25, -0.2) is 23.2 Å². The Balaban J connectivity index is 2.37. The molecule has 0 saturated carbocycles. The van der Waals surface area contributed by atoms with Crippen molar-refractivity contribution in [1.29, 1.82) is 0 Å². The molecule has 28 heavy (non-hydrogen) atoms. The number of sulfone groups is 1. The summed E-state index contributed by atoms with van der Waals surface area (Å²) in [4.78, 5) is 19.0. The van der Waals surface area contributed by atoms with Crippen molar-refractivity contribution in [2.75, 3.05) is 5.75 Å². The summed E-state index contributed by atoms with van der Waals surface area (Å²) in [5.41, 5.74) is -2.80. The first-order chi connectivity index (χ1) is 12.9. The minimum Gasteiger partial charge on any atom is -0.401 e. The fraction of sp³-hybridized carbons (Fsp3) is 0.188. The summed E-state index contributed by atoms with van der Waals surface area (Å²) in [5, 5.41) is 0.0396. The number of benzene rings is 1. The van der Waals surface area contributed by atoms with Crippen molar-refractivity contribution in [2.24, 2.45) is 0 Å². The Bertz CT molecular complexity index is 1260. The average molecular weight is 453 g/mol. The Morgan fingerprint density at radius 2 is 1.86 bits per heavy atom. The van der Waals surface area contributed by atoms with Crippen LogP contribution in [0.3, 0.4) is 0 Å². The summed E-state index contributed by atoms with van der Waals surface area (Å²) in [5.74, 6) is -1.08. The molecule has 3 aromatic rings. The first-order valence-corrected chi connectivity index (χ1v) is 9.95. The van der Waals surface area contributed by atoms with Gasteiger partial charge in [-0.15, -0.1) is 0 Å². The molecule has 0 N–H and O–H groups in total. The second kappa shape index (κ2) is 7.02. The molecule has 148 valence electrons. The molecular weight excluding hydrogens is 444 g/mol. The summed E-state index contributed by atoms with van der Waals surface area (Å²) < 4.78 is 68.7. The zero-order valence-corrected chi connectivity index (χ0v) is 16.2. The maximum absolute atomic E-state index is 13.0. The van der Waals surface area contributed by atoms with Crippen LogP contribution in [0.15, 0.2) is 38.5 Å². The fourth-order valence-electron chi connectivity index (χ4n) is 2.36. The Morgan fingerprint density at radius 1 is 1.18 bits per heavy atom. The van der Waals surface area contributed by atoms with Gasteiger partial charge in [0.1, 0.15) is 11.2 Å². The standard InChI is InChI=1S/C16H9Cl2F3N2O4S/c1-2-28(25,26)11-3-7(16(19,20)21)6-22-13(11)14-23-12-9(15(24)27-14)4-8(17)5-10(12)18/h3-6H,2H2,1H3. The summed E-state index contributed by atoms with van der Waals surface area (Å²) in [6.45, 7) is 1.25. The van der Waals surface area contributed by atoms with Crippen molar-refractivity contribution >= 4 is 43.9 Å². The van der Waals surface area contributed by atoms with Crippen LogP contribution in [0, 0.1) is 0 Å². The molecule has 0 bridgehead atoms. The summed E-state index contributed by atoms with van der Waals surface area (Å²) >= 11 is 11.8. The van der Waals surface area contributed by atoms with Crippen molar-refractivity contribution in [2.45, 2.75) is 18.0 Å². The van der Waals surface area contributed by atoms with E-state index in [1.165, 1.54) is 19.1 Å². The zero-order chi connectivity index (χ0) is 20.9. The predicted molar refractivity (Wildman–Crippen MR) is 96.3 cm³/mol. The van der Waals surface area contributed by atoms with Gasteiger partial charge < -0.3 is 4.42 Å².